The molecule has 6 amide bonds. The van der Waals surface area contributed by atoms with Crippen LogP contribution in [0.3, 0.4) is 0 Å². The Balaban J connectivity index is 1.75. The molecule has 0 unspecified atom stereocenters. The summed E-state index contributed by atoms with van der Waals surface area (Å²) < 4.78 is 5.36. The number of pyridine rings is 1. The number of aromatic amines is 1. The van der Waals surface area contributed by atoms with Crippen molar-refractivity contribution in [3.63, 3.8) is 0 Å². The number of aromatic nitrogens is 1. The maximum Gasteiger partial charge on any atom is 0.426 e. The molecule has 3 aromatic rings. The normalized spacial score (nSPS) is 12.9. The third-order valence-corrected chi connectivity index (χ3v) is 7.07. The van der Waals surface area contributed by atoms with Crippen molar-refractivity contribution in [3.05, 3.63) is 80.1 Å². The Morgan fingerprint density at radius 3 is 2.24 bits per heavy atom. The summed E-state index contributed by atoms with van der Waals surface area (Å²) in [5, 5.41) is 3.57. The molecule has 1 aliphatic heterocycles. The summed E-state index contributed by atoms with van der Waals surface area (Å²) in [5.74, 6) is -2.12. The van der Waals surface area contributed by atoms with E-state index in [9.17, 15) is 28.8 Å². The summed E-state index contributed by atoms with van der Waals surface area (Å²) in [5.41, 5.74) is 0.997. The number of hydrogen-bond donors (Lipinski definition) is 3. The maximum atomic E-state index is 14.2. The zero-order chi connectivity index (χ0) is 33.1. The second-order valence-corrected chi connectivity index (χ2v) is 12.2. The van der Waals surface area contributed by atoms with Gasteiger partial charge >= 0.3 is 12.1 Å². The van der Waals surface area contributed by atoms with Crippen LogP contribution < -0.4 is 16.2 Å². The number of urea groups is 1. The molecular formula is C31H35ClN6O7. The summed E-state index contributed by atoms with van der Waals surface area (Å²) in [6, 6.07) is 9.78. The first-order chi connectivity index (χ1) is 21.1. The SMILES string of the molecule is CN(C)C(=O)NC(=O)c1ccc(CN(NC(=O)OC(C)(C)C)C(=O)c2c(C(=O)N3CCCC3)[nH]c3cc(Cl)ccc3c2=O)cc1. The topological polar surface area (TPSA) is 161 Å². The quantitative estimate of drug-likeness (QED) is 0.357. The Morgan fingerprint density at radius 2 is 1.64 bits per heavy atom. The maximum absolute atomic E-state index is 14.2. The van der Waals surface area contributed by atoms with E-state index < -0.39 is 46.4 Å². The van der Waals surface area contributed by atoms with Gasteiger partial charge in [-0.1, -0.05) is 23.7 Å². The number of likely N-dealkylation sites (tertiary alicyclic amines) is 1. The molecule has 2 aromatic carbocycles. The number of imide groups is 1. The molecule has 13 nitrogen and oxygen atoms in total. The van der Waals surface area contributed by atoms with Crippen molar-refractivity contribution in [2.75, 3.05) is 27.2 Å². The molecule has 0 atom stereocenters. The van der Waals surface area contributed by atoms with Crippen LogP contribution in [0.5, 0.6) is 0 Å². The van der Waals surface area contributed by atoms with Gasteiger partial charge in [0.2, 0.25) is 5.43 Å². The molecule has 2 heterocycles. The highest BCUT2D eigenvalue weighted by molar-refractivity contribution is 6.31. The van der Waals surface area contributed by atoms with Crippen molar-refractivity contribution in [1.82, 2.24) is 30.5 Å². The molecule has 1 fully saturated rings. The number of ether oxygens (including phenoxy) is 1. The molecule has 238 valence electrons. The first kappa shape index (κ1) is 33.0. The van der Waals surface area contributed by atoms with Crippen molar-refractivity contribution in [3.8, 4) is 0 Å². The molecule has 0 saturated carbocycles. The van der Waals surface area contributed by atoms with E-state index in [0.29, 0.717) is 23.7 Å². The average molecular weight is 639 g/mol. The fourth-order valence-electron chi connectivity index (χ4n) is 4.64. The van der Waals surface area contributed by atoms with Gasteiger partial charge in [-0.25, -0.2) is 20.0 Å². The largest absolute Gasteiger partial charge is 0.443 e. The summed E-state index contributed by atoms with van der Waals surface area (Å²) in [6.45, 7) is 5.59. The molecule has 0 spiro atoms. The minimum atomic E-state index is -0.967. The van der Waals surface area contributed by atoms with Crippen LogP contribution in [-0.2, 0) is 11.3 Å². The van der Waals surface area contributed by atoms with E-state index >= 15 is 0 Å². The fraction of sp³-hybridized carbons (Fsp3) is 0.355. The Hall–Kier alpha value is -4.91. The van der Waals surface area contributed by atoms with Crippen molar-refractivity contribution >= 4 is 52.3 Å². The number of nitrogens with one attached hydrogen (secondary N) is 3. The van der Waals surface area contributed by atoms with Crippen molar-refractivity contribution in [2.45, 2.75) is 45.8 Å². The first-order valence-electron chi connectivity index (χ1n) is 14.2. The van der Waals surface area contributed by atoms with E-state index in [-0.39, 0.29) is 28.7 Å². The zero-order valence-corrected chi connectivity index (χ0v) is 26.4. The lowest BCUT2D eigenvalue weighted by atomic mass is 10.1. The highest BCUT2D eigenvalue weighted by atomic mass is 35.5. The van der Waals surface area contributed by atoms with Crippen LogP contribution in [0.4, 0.5) is 9.59 Å². The summed E-state index contributed by atoms with van der Waals surface area (Å²) in [7, 11) is 2.99. The van der Waals surface area contributed by atoms with Gasteiger partial charge < -0.3 is 19.5 Å². The second kappa shape index (κ2) is 13.4. The number of amides is 6. The van der Waals surface area contributed by atoms with Gasteiger partial charge in [0.1, 0.15) is 16.9 Å². The number of benzene rings is 2. The molecule has 1 saturated heterocycles. The number of hydrazine groups is 1. The van der Waals surface area contributed by atoms with E-state index in [2.05, 4.69) is 15.7 Å². The Bertz CT molecular complexity index is 1710. The molecule has 4 rings (SSSR count). The lowest BCUT2D eigenvalue weighted by Gasteiger charge is -2.27. The number of rotatable bonds is 5. The van der Waals surface area contributed by atoms with Crippen LogP contribution >= 0.6 is 11.6 Å². The number of halogens is 1. The van der Waals surface area contributed by atoms with Crippen LogP contribution in [0.2, 0.25) is 5.02 Å². The highest BCUT2D eigenvalue weighted by Crippen LogP contribution is 2.21. The van der Waals surface area contributed by atoms with E-state index in [1.54, 1.807) is 25.7 Å². The van der Waals surface area contributed by atoms with Crippen molar-refractivity contribution in [2.24, 2.45) is 0 Å². The van der Waals surface area contributed by atoms with Gasteiger partial charge in [0.15, 0.2) is 0 Å². The third kappa shape index (κ3) is 7.98. The Labute approximate surface area is 264 Å². The molecule has 0 radical (unpaired) electrons. The standard InChI is InChI=1S/C31H35ClN6O7/c1-31(2,3)45-30(44)35-38(17-18-8-10-19(11-9-18)26(40)34-29(43)36(4)5)27(41)23-24(28(42)37-14-6-7-15-37)33-22-16-20(32)12-13-21(22)25(23)39/h8-13,16H,6-7,14-15,17H2,1-5H3,(H,33,39)(H,35,44)(H,34,40,43). The third-order valence-electron chi connectivity index (χ3n) is 6.84. The monoisotopic (exact) mass is 638 g/mol. The molecule has 14 heteroatoms. The van der Waals surface area contributed by atoms with Crippen LogP contribution in [-0.4, -0.2) is 82.4 Å². The second-order valence-electron chi connectivity index (χ2n) is 11.7. The highest BCUT2D eigenvalue weighted by Gasteiger charge is 2.32. The van der Waals surface area contributed by atoms with Gasteiger partial charge in [0.25, 0.3) is 17.7 Å². The number of carbonyl (C=O) groups is 5. The molecule has 0 aliphatic carbocycles. The minimum Gasteiger partial charge on any atom is -0.443 e. The summed E-state index contributed by atoms with van der Waals surface area (Å²) in [4.78, 5) is 84.6. The predicted molar refractivity (Wildman–Crippen MR) is 167 cm³/mol. The molecular weight excluding hydrogens is 604 g/mol. The molecule has 45 heavy (non-hydrogen) atoms. The Morgan fingerprint density at radius 1 is 1.00 bits per heavy atom. The van der Waals surface area contributed by atoms with Gasteiger partial charge in [-0.05, 0) is 69.5 Å². The van der Waals surface area contributed by atoms with Gasteiger partial charge in [-0.2, -0.15) is 0 Å². The number of fused-ring (bicyclic) bond motifs is 1. The first-order valence-corrected chi connectivity index (χ1v) is 14.6. The van der Waals surface area contributed by atoms with Crippen molar-refractivity contribution in [1.29, 1.82) is 0 Å². The molecule has 1 aromatic heterocycles. The van der Waals surface area contributed by atoms with Crippen LogP contribution in [0.1, 0.15) is 70.4 Å². The van der Waals surface area contributed by atoms with Crippen molar-refractivity contribution < 1.29 is 28.7 Å². The zero-order valence-electron chi connectivity index (χ0n) is 25.7. The number of hydrogen-bond acceptors (Lipinski definition) is 7. The van der Waals surface area contributed by atoms with Crippen LogP contribution in [0, 0.1) is 0 Å². The smallest absolute Gasteiger partial charge is 0.426 e. The van der Waals surface area contributed by atoms with E-state index in [1.807, 2.05) is 0 Å². The summed E-state index contributed by atoms with van der Waals surface area (Å²) >= 11 is 6.15. The van der Waals surface area contributed by atoms with E-state index in [1.165, 1.54) is 61.5 Å². The average Bonchev–Trinajstić information content (AvgIpc) is 3.50. The van der Waals surface area contributed by atoms with Crippen LogP contribution in [0.25, 0.3) is 10.9 Å². The van der Waals surface area contributed by atoms with E-state index in [4.69, 9.17) is 16.3 Å². The number of H-pyrrole nitrogens is 1. The number of nitrogens with zero attached hydrogens (tertiary/aromatic N) is 3. The Kier molecular flexibility index (Phi) is 9.81. The predicted octanol–water partition coefficient (Wildman–Crippen LogP) is 3.91. The molecule has 1 aliphatic rings. The number of carbonyl (C=O) groups excluding carboxylic acids is 5. The molecule has 0 bridgehead atoms. The van der Waals surface area contributed by atoms with Gasteiger partial charge in [0.05, 0.1) is 12.1 Å². The van der Waals surface area contributed by atoms with Gasteiger partial charge in [-0.15, -0.1) is 0 Å². The lowest BCUT2D eigenvalue weighted by molar-refractivity contribution is 0.0280. The van der Waals surface area contributed by atoms with Crippen LogP contribution in [0.15, 0.2) is 47.3 Å². The fourth-order valence-corrected chi connectivity index (χ4v) is 4.81. The van der Waals surface area contributed by atoms with Gasteiger partial charge in [-0.3, -0.25) is 24.5 Å². The summed E-state index contributed by atoms with van der Waals surface area (Å²) in [6.07, 6.45) is 0.593. The van der Waals surface area contributed by atoms with Gasteiger partial charge in [0, 0.05) is 43.2 Å². The molecule has 3 N–H and O–H groups in total. The lowest BCUT2D eigenvalue weighted by Crippen LogP contribution is -2.49. The minimum absolute atomic E-state index is 0.126. The van der Waals surface area contributed by atoms with E-state index in [0.717, 1.165) is 17.9 Å².